The van der Waals surface area contributed by atoms with Gasteiger partial charge < -0.3 is 9.88 Å². The van der Waals surface area contributed by atoms with E-state index in [-0.39, 0.29) is 11.4 Å². The van der Waals surface area contributed by atoms with E-state index in [1.165, 1.54) is 12.1 Å². The summed E-state index contributed by atoms with van der Waals surface area (Å²) in [4.78, 5) is 21.2. The smallest absolute Gasteiger partial charge is 0.259 e. The van der Waals surface area contributed by atoms with E-state index in [4.69, 9.17) is 0 Å². The highest BCUT2D eigenvalue weighted by atomic mass is 19.1. The third-order valence-electron chi connectivity index (χ3n) is 3.34. The maximum Gasteiger partial charge on any atom is 0.259 e. The number of nitrogens with zero attached hydrogens (tertiary/aromatic N) is 2. The number of hydrogen-bond acceptors (Lipinski definition) is 3. The van der Waals surface area contributed by atoms with Gasteiger partial charge in [-0.2, -0.15) is 0 Å². The van der Waals surface area contributed by atoms with E-state index in [9.17, 15) is 9.18 Å². The Balaban J connectivity index is 2.15. The minimum atomic E-state index is -0.342. The summed E-state index contributed by atoms with van der Waals surface area (Å²) in [5, 5.41) is 0.524. The quantitative estimate of drug-likeness (QED) is 0.808. The van der Waals surface area contributed by atoms with Gasteiger partial charge in [0.25, 0.3) is 5.56 Å². The molecule has 4 nitrogen and oxygen atoms in total. The van der Waals surface area contributed by atoms with Crippen molar-refractivity contribution >= 4 is 10.9 Å². The molecule has 1 N–H and O–H groups in total. The van der Waals surface area contributed by atoms with Gasteiger partial charge in [-0.25, -0.2) is 9.37 Å². The predicted octanol–water partition coefficient (Wildman–Crippen LogP) is 2.79. The average molecular weight is 297 g/mol. The molecule has 3 rings (SSSR count). The van der Waals surface area contributed by atoms with Crippen LogP contribution in [-0.2, 0) is 6.54 Å². The largest absolute Gasteiger partial charge is 0.306 e. The van der Waals surface area contributed by atoms with Crippen molar-refractivity contribution < 1.29 is 4.39 Å². The van der Waals surface area contributed by atoms with Gasteiger partial charge in [0.05, 0.1) is 10.9 Å². The number of halogens is 1. The lowest BCUT2D eigenvalue weighted by molar-refractivity contribution is 0.401. The molecule has 0 fully saturated rings. The summed E-state index contributed by atoms with van der Waals surface area (Å²) < 4.78 is 13.8. The van der Waals surface area contributed by atoms with Crippen molar-refractivity contribution in [3.05, 3.63) is 64.2 Å². The molecule has 1 aromatic heterocycles. The van der Waals surface area contributed by atoms with Crippen LogP contribution in [0.15, 0.2) is 47.3 Å². The predicted molar refractivity (Wildman–Crippen MR) is 85.1 cm³/mol. The van der Waals surface area contributed by atoms with Gasteiger partial charge in [-0.15, -0.1) is 0 Å². The maximum atomic E-state index is 13.8. The molecule has 0 aliphatic heterocycles. The van der Waals surface area contributed by atoms with Crippen molar-refractivity contribution in [2.24, 2.45) is 0 Å². The first-order chi connectivity index (χ1) is 10.5. The van der Waals surface area contributed by atoms with Crippen molar-refractivity contribution in [1.82, 2.24) is 14.9 Å². The lowest BCUT2D eigenvalue weighted by Gasteiger charge is -2.11. The molecule has 3 aromatic rings. The van der Waals surface area contributed by atoms with E-state index in [0.717, 1.165) is 5.56 Å². The molecule has 0 atom stereocenters. The molecule has 5 heteroatoms. The van der Waals surface area contributed by atoms with Crippen LogP contribution in [0.5, 0.6) is 0 Å². The fourth-order valence-electron chi connectivity index (χ4n) is 2.47. The second kappa shape index (κ2) is 5.69. The number of nitrogens with one attached hydrogen (secondary N) is 1. The van der Waals surface area contributed by atoms with E-state index in [0.29, 0.717) is 28.8 Å². The summed E-state index contributed by atoms with van der Waals surface area (Å²) in [6, 6.07) is 11.8. The summed E-state index contributed by atoms with van der Waals surface area (Å²) in [5.41, 5.74) is 1.77. The van der Waals surface area contributed by atoms with Crippen molar-refractivity contribution in [2.75, 3.05) is 14.1 Å². The van der Waals surface area contributed by atoms with Crippen LogP contribution in [0, 0.1) is 5.82 Å². The molecule has 0 aliphatic carbocycles. The van der Waals surface area contributed by atoms with Gasteiger partial charge in [0.1, 0.15) is 11.6 Å². The third kappa shape index (κ3) is 2.89. The fourth-order valence-corrected chi connectivity index (χ4v) is 2.47. The zero-order chi connectivity index (χ0) is 15.7. The van der Waals surface area contributed by atoms with Crippen LogP contribution in [0.4, 0.5) is 4.39 Å². The van der Waals surface area contributed by atoms with Gasteiger partial charge in [-0.1, -0.05) is 12.1 Å². The number of H-pyrrole nitrogens is 1. The molecule has 0 saturated heterocycles. The first kappa shape index (κ1) is 14.4. The van der Waals surface area contributed by atoms with Crippen LogP contribution in [-0.4, -0.2) is 29.0 Å². The van der Waals surface area contributed by atoms with Crippen LogP contribution < -0.4 is 5.56 Å². The van der Waals surface area contributed by atoms with Crippen LogP contribution in [0.2, 0.25) is 0 Å². The van der Waals surface area contributed by atoms with E-state index < -0.39 is 0 Å². The molecule has 0 bridgehead atoms. The van der Waals surface area contributed by atoms with Crippen molar-refractivity contribution in [2.45, 2.75) is 6.54 Å². The second-order valence-corrected chi connectivity index (χ2v) is 5.52. The Labute approximate surface area is 127 Å². The Morgan fingerprint density at radius 2 is 1.95 bits per heavy atom. The van der Waals surface area contributed by atoms with E-state index in [1.807, 2.05) is 31.1 Å². The number of fused-ring (bicyclic) bond motifs is 1. The average Bonchev–Trinajstić information content (AvgIpc) is 2.46. The molecular formula is C17H16FN3O. The van der Waals surface area contributed by atoms with E-state index >= 15 is 0 Å². The Kier molecular flexibility index (Phi) is 3.73. The Hall–Kier alpha value is -2.53. The standard InChI is InChI=1S/C17H16FN3O/c1-21(2)10-11-7-12(9-13(18)8-11)16-19-15-6-4-3-5-14(15)17(22)20-16/h3-9H,10H2,1-2H3,(H,19,20,22). The van der Waals surface area contributed by atoms with Gasteiger partial charge in [-0.05, 0) is 50.0 Å². The third-order valence-corrected chi connectivity index (χ3v) is 3.34. The van der Waals surface area contributed by atoms with Gasteiger partial charge in [-0.3, -0.25) is 4.79 Å². The normalized spacial score (nSPS) is 11.3. The SMILES string of the molecule is CN(C)Cc1cc(F)cc(-c2nc3ccccc3c(=O)[nH]2)c1. The summed E-state index contributed by atoms with van der Waals surface area (Å²) >= 11 is 0. The number of aromatic nitrogens is 2. The van der Waals surface area contributed by atoms with Crippen molar-refractivity contribution in [1.29, 1.82) is 0 Å². The van der Waals surface area contributed by atoms with Gasteiger partial charge >= 0.3 is 0 Å². The molecule has 1 heterocycles. The number of hydrogen-bond donors (Lipinski definition) is 1. The number of para-hydroxylation sites is 1. The van der Waals surface area contributed by atoms with Gasteiger partial charge in [0, 0.05) is 12.1 Å². The molecule has 0 saturated carbocycles. The van der Waals surface area contributed by atoms with E-state index in [1.54, 1.807) is 18.2 Å². The number of rotatable bonds is 3. The van der Waals surface area contributed by atoms with Gasteiger partial charge in [0.2, 0.25) is 0 Å². The molecule has 112 valence electrons. The number of benzene rings is 2. The second-order valence-electron chi connectivity index (χ2n) is 5.52. The lowest BCUT2D eigenvalue weighted by atomic mass is 10.1. The molecule has 0 radical (unpaired) electrons. The molecule has 22 heavy (non-hydrogen) atoms. The first-order valence-corrected chi connectivity index (χ1v) is 6.96. The van der Waals surface area contributed by atoms with Crippen LogP contribution in [0.3, 0.4) is 0 Å². The molecule has 0 unspecified atom stereocenters. The Bertz CT molecular complexity index is 886. The zero-order valence-electron chi connectivity index (χ0n) is 12.4. The summed E-state index contributed by atoms with van der Waals surface area (Å²) in [6.07, 6.45) is 0. The zero-order valence-corrected chi connectivity index (χ0v) is 12.4. The highest BCUT2D eigenvalue weighted by Gasteiger charge is 2.09. The van der Waals surface area contributed by atoms with Crippen LogP contribution in [0.25, 0.3) is 22.3 Å². The molecule has 0 spiro atoms. The highest BCUT2D eigenvalue weighted by molar-refractivity contribution is 5.79. The van der Waals surface area contributed by atoms with E-state index in [2.05, 4.69) is 9.97 Å². The first-order valence-electron chi connectivity index (χ1n) is 6.96. The topological polar surface area (TPSA) is 49.0 Å². The van der Waals surface area contributed by atoms with Crippen LogP contribution in [0.1, 0.15) is 5.56 Å². The van der Waals surface area contributed by atoms with Crippen molar-refractivity contribution in [3.8, 4) is 11.4 Å². The summed E-state index contributed by atoms with van der Waals surface area (Å²) in [6.45, 7) is 0.614. The number of aromatic amines is 1. The fraction of sp³-hybridized carbons (Fsp3) is 0.176. The van der Waals surface area contributed by atoms with Crippen molar-refractivity contribution in [3.63, 3.8) is 0 Å². The summed E-state index contributed by atoms with van der Waals surface area (Å²) in [5.74, 6) is 0.0355. The van der Waals surface area contributed by atoms with Gasteiger partial charge in [0.15, 0.2) is 0 Å². The molecular weight excluding hydrogens is 281 g/mol. The van der Waals surface area contributed by atoms with Crippen LogP contribution >= 0.6 is 0 Å². The summed E-state index contributed by atoms with van der Waals surface area (Å²) in [7, 11) is 3.83. The monoisotopic (exact) mass is 297 g/mol. The maximum absolute atomic E-state index is 13.8. The minimum absolute atomic E-state index is 0.223. The highest BCUT2D eigenvalue weighted by Crippen LogP contribution is 2.20. The Morgan fingerprint density at radius 1 is 1.18 bits per heavy atom. The lowest BCUT2D eigenvalue weighted by Crippen LogP contribution is -2.12. The molecule has 0 amide bonds. The molecule has 0 aliphatic rings. The molecule has 2 aromatic carbocycles. The minimum Gasteiger partial charge on any atom is -0.306 e. The Morgan fingerprint density at radius 3 is 2.73 bits per heavy atom.